The molecule has 3 rings (SSSR count). The topological polar surface area (TPSA) is 71.3 Å². The van der Waals surface area contributed by atoms with E-state index in [2.05, 4.69) is 10.6 Å². The quantitative estimate of drug-likeness (QED) is 0.666. The second kappa shape index (κ2) is 8.80. The Morgan fingerprint density at radius 2 is 1.74 bits per heavy atom. The maximum Gasteiger partial charge on any atom is 0.253 e. The van der Waals surface area contributed by atoms with Gasteiger partial charge in [0.05, 0.1) is 24.1 Å². The van der Waals surface area contributed by atoms with Crippen LogP contribution in [0.15, 0.2) is 71.3 Å². The van der Waals surface area contributed by atoms with Crippen LogP contribution in [0, 0.1) is 5.82 Å². The number of rotatable bonds is 7. The van der Waals surface area contributed by atoms with Crippen LogP contribution in [-0.2, 0) is 17.8 Å². The van der Waals surface area contributed by atoms with Gasteiger partial charge >= 0.3 is 0 Å². The molecule has 0 saturated carbocycles. The summed E-state index contributed by atoms with van der Waals surface area (Å²) in [6.07, 6.45) is 2.25. The second-order valence-corrected chi connectivity index (χ2v) is 5.98. The van der Waals surface area contributed by atoms with Gasteiger partial charge in [-0.1, -0.05) is 24.3 Å². The van der Waals surface area contributed by atoms with Gasteiger partial charge < -0.3 is 15.1 Å². The molecule has 27 heavy (non-hydrogen) atoms. The van der Waals surface area contributed by atoms with E-state index in [1.807, 2.05) is 0 Å². The summed E-state index contributed by atoms with van der Waals surface area (Å²) in [4.78, 5) is 24.7. The fourth-order valence-corrected chi connectivity index (χ4v) is 2.59. The van der Waals surface area contributed by atoms with Gasteiger partial charge in [0.25, 0.3) is 5.91 Å². The smallest absolute Gasteiger partial charge is 0.253 e. The first-order valence-electron chi connectivity index (χ1n) is 8.56. The summed E-state index contributed by atoms with van der Waals surface area (Å²) in [5.41, 5.74) is 1.69. The molecule has 0 saturated heterocycles. The molecule has 138 valence electrons. The Hall–Kier alpha value is -3.41. The first kappa shape index (κ1) is 18.4. The third-order valence-electron chi connectivity index (χ3n) is 4.00. The average molecular weight is 366 g/mol. The number of nitrogens with one attached hydrogen (secondary N) is 2. The van der Waals surface area contributed by atoms with Crippen LogP contribution in [0.2, 0.25) is 0 Å². The van der Waals surface area contributed by atoms with E-state index < -0.39 is 0 Å². The molecule has 0 aliphatic heterocycles. The maximum absolute atomic E-state index is 12.9. The van der Waals surface area contributed by atoms with Crippen molar-refractivity contribution in [3.05, 3.63) is 89.6 Å². The van der Waals surface area contributed by atoms with Crippen LogP contribution in [0.1, 0.15) is 28.1 Å². The summed E-state index contributed by atoms with van der Waals surface area (Å²) >= 11 is 0. The minimum Gasteiger partial charge on any atom is -0.467 e. The summed E-state index contributed by atoms with van der Waals surface area (Å²) < 4.78 is 18.1. The molecule has 0 radical (unpaired) electrons. The Kier molecular flexibility index (Phi) is 5.99. The van der Waals surface area contributed by atoms with E-state index in [9.17, 15) is 14.0 Å². The predicted octanol–water partition coefficient (Wildman–Crippen LogP) is 3.92. The number of carbonyl (C=O) groups excluding carboxylic acids is 2. The van der Waals surface area contributed by atoms with E-state index in [0.29, 0.717) is 23.4 Å². The van der Waals surface area contributed by atoms with Gasteiger partial charge in [0, 0.05) is 6.42 Å². The summed E-state index contributed by atoms with van der Waals surface area (Å²) in [7, 11) is 0. The van der Waals surface area contributed by atoms with Gasteiger partial charge in [0.15, 0.2) is 0 Å². The Labute approximate surface area is 156 Å². The van der Waals surface area contributed by atoms with Gasteiger partial charge in [0.1, 0.15) is 11.6 Å². The lowest BCUT2D eigenvalue weighted by Gasteiger charge is -2.11. The van der Waals surface area contributed by atoms with E-state index in [1.54, 1.807) is 48.5 Å². The molecule has 0 aliphatic rings. The van der Waals surface area contributed by atoms with Crippen LogP contribution in [0.3, 0.4) is 0 Å². The van der Waals surface area contributed by atoms with Gasteiger partial charge in [-0.2, -0.15) is 0 Å². The molecule has 0 spiro atoms. The second-order valence-electron chi connectivity index (χ2n) is 5.98. The summed E-state index contributed by atoms with van der Waals surface area (Å²) in [5.74, 6) is -0.187. The summed E-state index contributed by atoms with van der Waals surface area (Å²) in [6, 6.07) is 16.4. The first-order chi connectivity index (χ1) is 13.1. The minimum absolute atomic E-state index is 0.217. The molecule has 3 aromatic rings. The fraction of sp³-hybridized carbons (Fsp3) is 0.143. The van der Waals surface area contributed by atoms with Crippen LogP contribution >= 0.6 is 0 Å². The van der Waals surface area contributed by atoms with Crippen molar-refractivity contribution in [3.8, 4) is 0 Å². The number of para-hydroxylation sites is 1. The molecule has 1 heterocycles. The highest BCUT2D eigenvalue weighted by Gasteiger charge is 2.13. The Bertz CT molecular complexity index is 905. The lowest BCUT2D eigenvalue weighted by Crippen LogP contribution is -2.24. The molecule has 0 atom stereocenters. The molecular weight excluding hydrogens is 347 g/mol. The fourth-order valence-electron chi connectivity index (χ4n) is 2.59. The highest BCUT2D eigenvalue weighted by atomic mass is 19.1. The zero-order valence-electron chi connectivity index (χ0n) is 14.6. The number of furan rings is 1. The summed E-state index contributed by atoms with van der Waals surface area (Å²) in [6.45, 7) is 0.263. The Morgan fingerprint density at radius 3 is 2.48 bits per heavy atom. The van der Waals surface area contributed by atoms with Crippen LogP contribution in [0.4, 0.5) is 10.1 Å². The minimum atomic E-state index is -0.308. The molecular formula is C21H19FN2O3. The van der Waals surface area contributed by atoms with E-state index in [4.69, 9.17) is 4.42 Å². The number of amides is 2. The van der Waals surface area contributed by atoms with Crippen molar-refractivity contribution in [2.45, 2.75) is 19.4 Å². The zero-order chi connectivity index (χ0) is 19.1. The number of hydrogen-bond donors (Lipinski definition) is 2. The molecule has 2 N–H and O–H groups in total. The summed E-state index contributed by atoms with van der Waals surface area (Å²) in [5, 5.41) is 5.53. The largest absolute Gasteiger partial charge is 0.467 e. The van der Waals surface area contributed by atoms with E-state index >= 15 is 0 Å². The van der Waals surface area contributed by atoms with E-state index in [0.717, 1.165) is 5.56 Å². The SMILES string of the molecule is O=C(CCc1ccc(F)cc1)Nc1ccccc1C(=O)NCc1ccco1. The normalized spacial score (nSPS) is 10.4. The average Bonchev–Trinajstić information content (AvgIpc) is 3.20. The van der Waals surface area contributed by atoms with Gasteiger partial charge in [-0.25, -0.2) is 4.39 Å². The maximum atomic E-state index is 12.9. The number of carbonyl (C=O) groups is 2. The van der Waals surface area contributed by atoms with Crippen LogP contribution in [0.5, 0.6) is 0 Å². The number of benzene rings is 2. The molecule has 2 aromatic carbocycles. The van der Waals surface area contributed by atoms with Gasteiger partial charge in [0.2, 0.25) is 5.91 Å². The molecule has 0 bridgehead atoms. The third-order valence-corrected chi connectivity index (χ3v) is 4.00. The highest BCUT2D eigenvalue weighted by molar-refractivity contribution is 6.03. The van der Waals surface area contributed by atoms with Gasteiger partial charge in [-0.15, -0.1) is 0 Å². The lowest BCUT2D eigenvalue weighted by atomic mass is 10.1. The Morgan fingerprint density at radius 1 is 0.963 bits per heavy atom. The molecule has 5 nitrogen and oxygen atoms in total. The van der Waals surface area contributed by atoms with Crippen LogP contribution < -0.4 is 10.6 Å². The van der Waals surface area contributed by atoms with Crippen molar-refractivity contribution >= 4 is 17.5 Å². The van der Waals surface area contributed by atoms with Gasteiger partial charge in [-0.05, 0) is 48.4 Å². The van der Waals surface area contributed by atoms with Crippen molar-refractivity contribution in [3.63, 3.8) is 0 Å². The van der Waals surface area contributed by atoms with E-state index in [-0.39, 0.29) is 30.6 Å². The highest BCUT2D eigenvalue weighted by Crippen LogP contribution is 2.16. The molecule has 6 heteroatoms. The van der Waals surface area contributed by atoms with Crippen LogP contribution in [0.25, 0.3) is 0 Å². The standard InChI is InChI=1S/C21H19FN2O3/c22-16-10-7-15(8-11-16)9-12-20(25)24-19-6-2-1-5-18(19)21(26)23-14-17-4-3-13-27-17/h1-8,10-11,13H,9,12,14H2,(H,23,26)(H,24,25). The van der Waals surface area contributed by atoms with E-state index in [1.165, 1.54) is 18.4 Å². The monoisotopic (exact) mass is 366 g/mol. The van der Waals surface area contributed by atoms with Crippen molar-refractivity contribution in [2.75, 3.05) is 5.32 Å². The Balaban J connectivity index is 1.58. The van der Waals surface area contributed by atoms with Crippen molar-refractivity contribution in [1.29, 1.82) is 0 Å². The molecule has 0 fully saturated rings. The van der Waals surface area contributed by atoms with Gasteiger partial charge in [-0.3, -0.25) is 9.59 Å². The molecule has 1 aromatic heterocycles. The van der Waals surface area contributed by atoms with Crippen molar-refractivity contribution < 1.29 is 18.4 Å². The number of aryl methyl sites for hydroxylation is 1. The van der Waals surface area contributed by atoms with Crippen LogP contribution in [-0.4, -0.2) is 11.8 Å². The number of halogens is 1. The van der Waals surface area contributed by atoms with Crippen molar-refractivity contribution in [1.82, 2.24) is 5.32 Å². The molecule has 2 amide bonds. The third kappa shape index (κ3) is 5.28. The molecule has 0 aliphatic carbocycles. The first-order valence-corrected chi connectivity index (χ1v) is 8.56. The number of hydrogen-bond acceptors (Lipinski definition) is 3. The molecule has 0 unspecified atom stereocenters. The lowest BCUT2D eigenvalue weighted by molar-refractivity contribution is -0.116. The zero-order valence-corrected chi connectivity index (χ0v) is 14.6. The predicted molar refractivity (Wildman–Crippen MR) is 99.7 cm³/mol. The number of anilines is 1. The van der Waals surface area contributed by atoms with Crippen molar-refractivity contribution in [2.24, 2.45) is 0 Å².